The molecule has 0 aromatic heterocycles. The number of aliphatic hydroxyl groups is 1. The van der Waals surface area contributed by atoms with Crippen LogP contribution in [-0.4, -0.2) is 42.9 Å². The number of ether oxygens (including phenoxy) is 2. The molecule has 5 nitrogen and oxygen atoms in total. The van der Waals surface area contributed by atoms with Crippen molar-refractivity contribution in [3.63, 3.8) is 0 Å². The summed E-state index contributed by atoms with van der Waals surface area (Å²) < 4.78 is 11.6. The van der Waals surface area contributed by atoms with Gasteiger partial charge in [0, 0.05) is 19.0 Å². The second-order valence-corrected chi connectivity index (χ2v) is 7.71. The predicted molar refractivity (Wildman–Crippen MR) is 113 cm³/mol. The topological polar surface area (TPSA) is 68.0 Å². The third-order valence-electron chi connectivity index (χ3n) is 5.55. The van der Waals surface area contributed by atoms with Gasteiger partial charge in [0.25, 0.3) is 0 Å². The zero-order valence-corrected chi connectivity index (χ0v) is 17.1. The molecule has 1 aliphatic rings. The van der Waals surface area contributed by atoms with E-state index in [4.69, 9.17) is 15.2 Å². The van der Waals surface area contributed by atoms with Gasteiger partial charge >= 0.3 is 0 Å². The molecular formula is C23H32N2O3. The molecule has 0 saturated carbocycles. The van der Waals surface area contributed by atoms with Crippen LogP contribution in [0.5, 0.6) is 11.5 Å². The first-order valence-electron chi connectivity index (χ1n) is 10.0. The third-order valence-corrected chi connectivity index (χ3v) is 5.55. The molecule has 5 heteroatoms. The summed E-state index contributed by atoms with van der Waals surface area (Å²) in [5.74, 6) is 1.42. The molecule has 3 rings (SSSR count). The Labute approximate surface area is 168 Å². The van der Waals surface area contributed by atoms with E-state index < -0.39 is 0 Å². The van der Waals surface area contributed by atoms with Crippen LogP contribution in [0, 0.1) is 12.8 Å². The van der Waals surface area contributed by atoms with Crippen LogP contribution in [0.25, 0.3) is 0 Å². The predicted octanol–water partition coefficient (Wildman–Crippen LogP) is 3.41. The highest BCUT2D eigenvalue weighted by Crippen LogP contribution is 2.36. The first kappa shape index (κ1) is 20.5. The maximum absolute atomic E-state index is 10.4. The van der Waals surface area contributed by atoms with Crippen molar-refractivity contribution in [2.24, 2.45) is 5.92 Å². The van der Waals surface area contributed by atoms with Crippen molar-refractivity contribution in [3.8, 4) is 11.5 Å². The average Bonchev–Trinajstić information content (AvgIpc) is 2.68. The number of aryl methyl sites for hydroxylation is 1. The van der Waals surface area contributed by atoms with E-state index in [1.165, 1.54) is 5.56 Å². The SMILES string of the molecule is CCN1CCC(O)C(Cc2cc(N)c(OCc3cccc(C)c3)c(OC)c2)C1. The number of hydrogen-bond donors (Lipinski definition) is 2. The van der Waals surface area contributed by atoms with E-state index in [-0.39, 0.29) is 12.0 Å². The molecule has 2 unspecified atom stereocenters. The molecule has 0 amide bonds. The molecule has 2 atom stereocenters. The van der Waals surface area contributed by atoms with Gasteiger partial charge in [-0.25, -0.2) is 0 Å². The van der Waals surface area contributed by atoms with Crippen molar-refractivity contribution in [1.82, 2.24) is 4.90 Å². The molecule has 1 aliphatic heterocycles. The number of nitrogens with zero attached hydrogens (tertiary/aromatic N) is 1. The summed E-state index contributed by atoms with van der Waals surface area (Å²) >= 11 is 0. The summed E-state index contributed by atoms with van der Waals surface area (Å²) in [6.07, 6.45) is 1.33. The van der Waals surface area contributed by atoms with Crippen molar-refractivity contribution in [1.29, 1.82) is 0 Å². The van der Waals surface area contributed by atoms with Gasteiger partial charge in [-0.2, -0.15) is 0 Å². The van der Waals surface area contributed by atoms with Crippen LogP contribution in [-0.2, 0) is 13.0 Å². The Hall–Kier alpha value is -2.24. The van der Waals surface area contributed by atoms with Crippen LogP contribution < -0.4 is 15.2 Å². The lowest BCUT2D eigenvalue weighted by Gasteiger charge is -2.35. The number of likely N-dealkylation sites (tertiary alicyclic amines) is 1. The summed E-state index contributed by atoms with van der Waals surface area (Å²) in [5.41, 5.74) is 10.2. The number of nitrogens with two attached hydrogens (primary N) is 1. The quantitative estimate of drug-likeness (QED) is 0.716. The van der Waals surface area contributed by atoms with Gasteiger partial charge in [-0.3, -0.25) is 0 Å². The largest absolute Gasteiger partial charge is 0.493 e. The fraction of sp³-hybridized carbons (Fsp3) is 0.478. The molecule has 1 fully saturated rings. The number of anilines is 1. The first-order valence-corrected chi connectivity index (χ1v) is 10.0. The van der Waals surface area contributed by atoms with Crippen LogP contribution >= 0.6 is 0 Å². The van der Waals surface area contributed by atoms with Crippen molar-refractivity contribution in [2.45, 2.75) is 39.4 Å². The lowest BCUT2D eigenvalue weighted by atomic mass is 9.88. The van der Waals surface area contributed by atoms with Gasteiger partial charge in [-0.1, -0.05) is 36.8 Å². The second kappa shape index (κ2) is 9.30. The maximum atomic E-state index is 10.4. The Morgan fingerprint density at radius 1 is 1.21 bits per heavy atom. The number of nitrogen functional groups attached to an aromatic ring is 1. The fourth-order valence-electron chi connectivity index (χ4n) is 3.95. The van der Waals surface area contributed by atoms with Crippen LogP contribution in [0.4, 0.5) is 5.69 Å². The van der Waals surface area contributed by atoms with Crippen LogP contribution in [0.15, 0.2) is 36.4 Å². The van der Waals surface area contributed by atoms with Crippen LogP contribution in [0.1, 0.15) is 30.0 Å². The molecule has 3 N–H and O–H groups in total. The fourth-order valence-corrected chi connectivity index (χ4v) is 3.95. The van der Waals surface area contributed by atoms with Gasteiger partial charge in [0.2, 0.25) is 0 Å². The Kier molecular flexibility index (Phi) is 6.81. The van der Waals surface area contributed by atoms with Gasteiger partial charge in [-0.05, 0) is 49.6 Å². The van der Waals surface area contributed by atoms with Crippen molar-refractivity contribution < 1.29 is 14.6 Å². The molecule has 152 valence electrons. The summed E-state index contributed by atoms with van der Waals surface area (Å²) in [6, 6.07) is 12.2. The normalized spacial score (nSPS) is 20.1. The minimum absolute atomic E-state index is 0.205. The zero-order chi connectivity index (χ0) is 20.1. The minimum Gasteiger partial charge on any atom is -0.493 e. The highest BCUT2D eigenvalue weighted by molar-refractivity contribution is 5.62. The monoisotopic (exact) mass is 384 g/mol. The molecule has 2 aromatic rings. The van der Waals surface area contributed by atoms with Gasteiger partial charge in [-0.15, -0.1) is 0 Å². The van der Waals surface area contributed by atoms with Gasteiger partial charge in [0.05, 0.1) is 18.9 Å². The van der Waals surface area contributed by atoms with Crippen molar-refractivity contribution >= 4 is 5.69 Å². The van der Waals surface area contributed by atoms with E-state index in [1.807, 2.05) is 24.3 Å². The molecule has 0 bridgehead atoms. The van der Waals surface area contributed by atoms with E-state index >= 15 is 0 Å². The number of methoxy groups -OCH3 is 1. The first-order chi connectivity index (χ1) is 13.5. The lowest BCUT2D eigenvalue weighted by molar-refractivity contribution is 0.0290. The highest BCUT2D eigenvalue weighted by Gasteiger charge is 2.27. The molecule has 2 aromatic carbocycles. The second-order valence-electron chi connectivity index (χ2n) is 7.71. The molecule has 1 saturated heterocycles. The number of benzene rings is 2. The molecule has 28 heavy (non-hydrogen) atoms. The number of rotatable bonds is 7. The standard InChI is InChI=1S/C23H32N2O3/c1-4-25-9-8-21(26)19(14-25)11-18-12-20(24)23(22(13-18)27-3)28-15-17-7-5-6-16(2)10-17/h5-7,10,12-13,19,21,26H,4,8-9,11,14-15,24H2,1-3H3. The molecule has 0 radical (unpaired) electrons. The third kappa shape index (κ3) is 4.97. The van der Waals surface area contributed by atoms with Gasteiger partial charge < -0.3 is 25.2 Å². The van der Waals surface area contributed by atoms with E-state index in [1.54, 1.807) is 7.11 Å². The van der Waals surface area contributed by atoms with E-state index in [0.29, 0.717) is 23.8 Å². The maximum Gasteiger partial charge on any atom is 0.184 e. The Bertz CT molecular complexity index is 793. The Morgan fingerprint density at radius 3 is 2.75 bits per heavy atom. The van der Waals surface area contributed by atoms with Gasteiger partial charge in [0.15, 0.2) is 11.5 Å². The summed E-state index contributed by atoms with van der Waals surface area (Å²) in [7, 11) is 1.63. The van der Waals surface area contributed by atoms with Crippen LogP contribution in [0.2, 0.25) is 0 Å². The highest BCUT2D eigenvalue weighted by atomic mass is 16.5. The zero-order valence-electron chi connectivity index (χ0n) is 17.1. The number of aliphatic hydroxyl groups excluding tert-OH is 1. The lowest BCUT2D eigenvalue weighted by Crippen LogP contribution is -2.43. The minimum atomic E-state index is -0.271. The Balaban J connectivity index is 1.73. The molecule has 1 heterocycles. The average molecular weight is 385 g/mol. The summed E-state index contributed by atoms with van der Waals surface area (Å²) in [4.78, 5) is 2.39. The van der Waals surface area contributed by atoms with E-state index in [9.17, 15) is 5.11 Å². The number of hydrogen-bond acceptors (Lipinski definition) is 5. The van der Waals surface area contributed by atoms with Crippen molar-refractivity contribution in [2.75, 3.05) is 32.5 Å². The Morgan fingerprint density at radius 2 is 2.04 bits per heavy atom. The van der Waals surface area contributed by atoms with E-state index in [2.05, 4.69) is 30.9 Å². The molecule has 0 spiro atoms. The van der Waals surface area contributed by atoms with Crippen LogP contribution in [0.3, 0.4) is 0 Å². The summed E-state index contributed by atoms with van der Waals surface area (Å²) in [5, 5.41) is 10.4. The molecular weight excluding hydrogens is 352 g/mol. The smallest absolute Gasteiger partial charge is 0.184 e. The van der Waals surface area contributed by atoms with E-state index in [0.717, 1.165) is 43.6 Å². The molecule has 0 aliphatic carbocycles. The van der Waals surface area contributed by atoms with Gasteiger partial charge in [0.1, 0.15) is 6.61 Å². The summed E-state index contributed by atoms with van der Waals surface area (Å²) in [6.45, 7) is 7.55. The number of piperidine rings is 1. The van der Waals surface area contributed by atoms with Crippen molar-refractivity contribution in [3.05, 3.63) is 53.1 Å².